The Morgan fingerprint density at radius 1 is 1.08 bits per heavy atom. The van der Waals surface area contributed by atoms with Gasteiger partial charge in [-0.2, -0.15) is 4.31 Å². The fourth-order valence-corrected chi connectivity index (χ4v) is 3.78. The Bertz CT molecular complexity index is 818. The minimum absolute atomic E-state index is 0.186. The smallest absolute Gasteiger partial charge is 0.243 e. The molecule has 0 radical (unpaired) electrons. The van der Waals surface area contributed by atoms with Crippen LogP contribution in [-0.2, 0) is 21.4 Å². The fraction of sp³-hybridized carbons (Fsp3) is 0.278. The number of aryl methyl sites for hydroxylation is 1. The zero-order chi connectivity index (χ0) is 18.4. The van der Waals surface area contributed by atoms with Crippen molar-refractivity contribution in [2.24, 2.45) is 0 Å². The summed E-state index contributed by atoms with van der Waals surface area (Å²) in [5.74, 6) is -0.354. The van der Waals surface area contributed by atoms with Crippen molar-refractivity contribution in [2.45, 2.75) is 25.3 Å². The Balaban J connectivity index is 2.01. The Kier molecular flexibility index (Phi) is 6.58. The highest BCUT2D eigenvalue weighted by Gasteiger charge is 2.24. The van der Waals surface area contributed by atoms with Crippen LogP contribution in [0.5, 0.6) is 0 Å². The molecule has 0 fully saturated rings. The van der Waals surface area contributed by atoms with Gasteiger partial charge in [0.05, 0.1) is 11.4 Å². The number of rotatable bonds is 7. The minimum Gasteiger partial charge on any atom is -0.351 e. The van der Waals surface area contributed by atoms with E-state index in [0.717, 1.165) is 15.4 Å². The lowest BCUT2D eigenvalue weighted by Crippen LogP contribution is -2.40. The van der Waals surface area contributed by atoms with Crippen LogP contribution in [0.3, 0.4) is 0 Å². The zero-order valence-corrected chi connectivity index (χ0v) is 15.8. The first-order valence-electron chi connectivity index (χ1n) is 7.91. The minimum atomic E-state index is -3.70. The lowest BCUT2D eigenvalue weighted by Gasteiger charge is -2.20. The van der Waals surface area contributed by atoms with E-state index in [1.165, 1.54) is 0 Å². The van der Waals surface area contributed by atoms with Crippen LogP contribution in [0.2, 0.25) is 5.02 Å². The van der Waals surface area contributed by atoms with Gasteiger partial charge in [0.1, 0.15) is 0 Å². The summed E-state index contributed by atoms with van der Waals surface area (Å²) >= 11 is 5.82. The van der Waals surface area contributed by atoms with Gasteiger partial charge in [-0.3, -0.25) is 4.79 Å². The first-order chi connectivity index (χ1) is 11.8. The third-order valence-electron chi connectivity index (χ3n) is 3.73. The molecule has 1 N–H and O–H groups in total. The average Bonchev–Trinajstić information content (AvgIpc) is 2.59. The number of halogens is 1. The molecule has 0 aliphatic carbocycles. The van der Waals surface area contributed by atoms with Crippen molar-refractivity contribution in [1.29, 1.82) is 0 Å². The highest BCUT2D eigenvalue weighted by molar-refractivity contribution is 7.89. The van der Waals surface area contributed by atoms with Gasteiger partial charge in [0.25, 0.3) is 0 Å². The maximum Gasteiger partial charge on any atom is 0.243 e. The van der Waals surface area contributed by atoms with Gasteiger partial charge in [-0.25, -0.2) is 8.42 Å². The maximum absolute atomic E-state index is 12.7. The Morgan fingerprint density at radius 2 is 1.68 bits per heavy atom. The van der Waals surface area contributed by atoms with Crippen LogP contribution in [0.1, 0.15) is 18.1 Å². The molecule has 0 spiro atoms. The van der Waals surface area contributed by atoms with Gasteiger partial charge in [-0.15, -0.1) is 0 Å². The number of likely N-dealkylation sites (N-methyl/N-ethyl adjacent to an activating group) is 1. The topological polar surface area (TPSA) is 66.5 Å². The molecule has 1 amide bonds. The largest absolute Gasteiger partial charge is 0.351 e. The number of benzene rings is 2. The Hall–Kier alpha value is -1.89. The Labute approximate surface area is 153 Å². The number of carbonyl (C=O) groups is 1. The van der Waals surface area contributed by atoms with Gasteiger partial charge in [0.15, 0.2) is 0 Å². The van der Waals surface area contributed by atoms with Crippen LogP contribution >= 0.6 is 11.6 Å². The van der Waals surface area contributed by atoms with Crippen molar-refractivity contribution in [3.63, 3.8) is 0 Å². The molecule has 0 aliphatic heterocycles. The zero-order valence-electron chi connectivity index (χ0n) is 14.2. The van der Waals surface area contributed by atoms with Crippen LogP contribution in [-0.4, -0.2) is 31.7 Å². The van der Waals surface area contributed by atoms with Gasteiger partial charge in [0, 0.05) is 18.1 Å². The van der Waals surface area contributed by atoms with Gasteiger partial charge in [-0.05, 0) is 36.8 Å². The van der Waals surface area contributed by atoms with E-state index < -0.39 is 10.0 Å². The van der Waals surface area contributed by atoms with E-state index >= 15 is 0 Å². The lowest BCUT2D eigenvalue weighted by atomic mass is 10.2. The van der Waals surface area contributed by atoms with E-state index in [-0.39, 0.29) is 23.9 Å². The summed E-state index contributed by atoms with van der Waals surface area (Å²) in [6.45, 7) is 3.90. The van der Waals surface area contributed by atoms with E-state index in [2.05, 4.69) is 5.32 Å². The number of nitrogens with zero attached hydrogens (tertiary/aromatic N) is 1. The summed E-state index contributed by atoms with van der Waals surface area (Å²) in [5, 5.41) is 3.35. The SMILES string of the molecule is CCN(CC(=O)NCc1ccc(Cl)cc1)S(=O)(=O)c1ccc(C)cc1. The first-order valence-corrected chi connectivity index (χ1v) is 9.72. The molecule has 5 nitrogen and oxygen atoms in total. The summed E-state index contributed by atoms with van der Waals surface area (Å²) < 4.78 is 26.5. The highest BCUT2D eigenvalue weighted by atomic mass is 35.5. The molecule has 7 heteroatoms. The second-order valence-corrected chi connectivity index (χ2v) is 8.02. The van der Waals surface area contributed by atoms with Crippen LogP contribution < -0.4 is 5.32 Å². The van der Waals surface area contributed by atoms with Gasteiger partial charge in [-0.1, -0.05) is 48.4 Å². The summed E-state index contributed by atoms with van der Waals surface area (Å²) in [7, 11) is -3.70. The molecule has 2 aromatic rings. The predicted octanol–water partition coefficient (Wildman–Crippen LogP) is 2.98. The number of sulfonamides is 1. The molecule has 0 unspecified atom stereocenters. The number of nitrogens with one attached hydrogen (secondary N) is 1. The molecule has 25 heavy (non-hydrogen) atoms. The molecule has 0 atom stereocenters. The van der Waals surface area contributed by atoms with Crippen molar-refractivity contribution in [3.05, 3.63) is 64.7 Å². The monoisotopic (exact) mass is 380 g/mol. The van der Waals surface area contributed by atoms with Crippen molar-refractivity contribution < 1.29 is 13.2 Å². The molecule has 134 valence electrons. The van der Waals surface area contributed by atoms with E-state index in [4.69, 9.17) is 11.6 Å². The average molecular weight is 381 g/mol. The molecule has 0 saturated carbocycles. The number of amides is 1. The maximum atomic E-state index is 12.7. The van der Waals surface area contributed by atoms with E-state index in [0.29, 0.717) is 11.6 Å². The summed E-state index contributed by atoms with van der Waals surface area (Å²) in [6.07, 6.45) is 0. The third-order valence-corrected chi connectivity index (χ3v) is 5.92. The molecule has 2 rings (SSSR count). The fourth-order valence-electron chi connectivity index (χ4n) is 2.25. The van der Waals surface area contributed by atoms with Crippen LogP contribution in [0, 0.1) is 6.92 Å². The predicted molar refractivity (Wildman–Crippen MR) is 98.9 cm³/mol. The first kappa shape index (κ1) is 19.4. The normalized spacial score (nSPS) is 11.5. The Morgan fingerprint density at radius 3 is 2.24 bits per heavy atom. The molecule has 0 bridgehead atoms. The lowest BCUT2D eigenvalue weighted by molar-refractivity contribution is -0.121. The van der Waals surface area contributed by atoms with Crippen LogP contribution in [0.15, 0.2) is 53.4 Å². The highest BCUT2D eigenvalue weighted by Crippen LogP contribution is 2.16. The van der Waals surface area contributed by atoms with Crippen molar-refractivity contribution in [3.8, 4) is 0 Å². The van der Waals surface area contributed by atoms with Gasteiger partial charge < -0.3 is 5.32 Å². The molecular formula is C18H21ClN2O3S. The van der Waals surface area contributed by atoms with Gasteiger partial charge in [0.2, 0.25) is 15.9 Å². The summed E-state index contributed by atoms with van der Waals surface area (Å²) in [4.78, 5) is 12.3. The second kappa shape index (κ2) is 8.47. The van der Waals surface area contributed by atoms with E-state index in [1.807, 2.05) is 19.1 Å². The van der Waals surface area contributed by atoms with Crippen LogP contribution in [0.25, 0.3) is 0 Å². The summed E-state index contributed by atoms with van der Waals surface area (Å²) in [5.41, 5.74) is 1.87. The number of hydrogen-bond acceptors (Lipinski definition) is 3. The van der Waals surface area contributed by atoms with Crippen molar-refractivity contribution >= 4 is 27.5 Å². The van der Waals surface area contributed by atoms with E-state index in [9.17, 15) is 13.2 Å². The number of hydrogen-bond donors (Lipinski definition) is 1. The third kappa shape index (κ3) is 5.29. The van der Waals surface area contributed by atoms with Crippen LogP contribution in [0.4, 0.5) is 0 Å². The number of carbonyl (C=O) groups excluding carboxylic acids is 1. The molecule has 0 aliphatic rings. The molecular weight excluding hydrogens is 360 g/mol. The molecule has 0 aromatic heterocycles. The molecule has 2 aromatic carbocycles. The summed E-state index contributed by atoms with van der Waals surface area (Å²) in [6, 6.07) is 13.7. The molecule has 0 saturated heterocycles. The van der Waals surface area contributed by atoms with Crippen molar-refractivity contribution in [1.82, 2.24) is 9.62 Å². The quantitative estimate of drug-likeness (QED) is 0.803. The standard InChI is InChI=1S/C18H21ClN2O3S/c1-3-21(25(23,24)17-10-4-14(2)5-11-17)13-18(22)20-12-15-6-8-16(19)9-7-15/h4-11H,3,12-13H2,1-2H3,(H,20,22). The van der Waals surface area contributed by atoms with Gasteiger partial charge >= 0.3 is 0 Å². The van der Waals surface area contributed by atoms with Crippen molar-refractivity contribution in [2.75, 3.05) is 13.1 Å². The second-order valence-electron chi connectivity index (χ2n) is 5.65. The molecule has 0 heterocycles. The van der Waals surface area contributed by atoms with E-state index in [1.54, 1.807) is 43.3 Å².